The topological polar surface area (TPSA) is 205 Å². The third kappa shape index (κ3) is 23.6. The minimum Gasteiger partial charge on any atom is -0.380 e. The highest BCUT2D eigenvalue weighted by Crippen LogP contribution is 2.49. The second kappa shape index (κ2) is 43.5. The minimum absolute atomic E-state index is 0.00651. The number of nitrogens with zero attached hydrogens (tertiary/aromatic N) is 7. The van der Waals surface area contributed by atoms with Gasteiger partial charge in [0, 0.05) is 181 Å². The van der Waals surface area contributed by atoms with Gasteiger partial charge in [0.05, 0.1) is 89.0 Å². The molecule has 0 saturated carbocycles. The van der Waals surface area contributed by atoms with Crippen molar-refractivity contribution >= 4 is 35.3 Å². The van der Waals surface area contributed by atoms with Gasteiger partial charge in [0.25, 0.3) is 23.6 Å². The van der Waals surface area contributed by atoms with Crippen molar-refractivity contribution in [2.75, 3.05) is 117 Å². The first-order valence-corrected chi connectivity index (χ1v) is 45.0. The Labute approximate surface area is 727 Å². The zero-order valence-corrected chi connectivity index (χ0v) is 73.7. The summed E-state index contributed by atoms with van der Waals surface area (Å²) in [5.41, 5.74) is 7.81. The lowest BCUT2D eigenvalue weighted by Crippen LogP contribution is -2.52. The summed E-state index contributed by atoms with van der Waals surface area (Å²) in [6.07, 6.45) is 17.7. The van der Waals surface area contributed by atoms with Crippen molar-refractivity contribution < 1.29 is 66.2 Å². The smallest absolute Gasteiger partial charge is 0.257 e. The van der Waals surface area contributed by atoms with Crippen LogP contribution in [0.25, 0.3) is 0 Å². The van der Waals surface area contributed by atoms with Crippen molar-refractivity contribution in [2.24, 2.45) is 0 Å². The number of hydrogen-bond acceptors (Lipinski definition) is 17. The largest absolute Gasteiger partial charge is 0.380 e. The molecule has 123 heavy (non-hydrogen) atoms. The lowest BCUT2D eigenvalue weighted by Gasteiger charge is -2.49. The summed E-state index contributed by atoms with van der Waals surface area (Å²) in [7, 11) is 5.52. The number of pyridine rings is 2. The summed E-state index contributed by atoms with van der Waals surface area (Å²) >= 11 is 0. The molecule has 8 aromatic rings. The van der Waals surface area contributed by atoms with E-state index in [1.807, 2.05) is 133 Å². The number of anilines is 2. The number of carbonyl (C=O) groups excluding carboxylic acids is 4. The summed E-state index contributed by atoms with van der Waals surface area (Å²) < 4.78 is 70.6. The van der Waals surface area contributed by atoms with Crippen LogP contribution in [0, 0.1) is 12.7 Å². The van der Waals surface area contributed by atoms with Crippen molar-refractivity contribution in [3.8, 4) is 0 Å². The van der Waals surface area contributed by atoms with Crippen LogP contribution in [0.1, 0.15) is 237 Å². The highest BCUT2D eigenvalue weighted by molar-refractivity contribution is 5.99. The first kappa shape index (κ1) is 91.4. The Balaban J connectivity index is 0.000000141. The number of amides is 4. The first-order valence-electron chi connectivity index (χ1n) is 45.0. The highest BCUT2D eigenvalue weighted by Gasteiger charge is 2.50. The standard InChI is InChI=1S/C26H33NO4.C25H30FNO3.2C25H33N3O3/c1-3-30-22-17-24(20-9-5-4-6-10-20)31-26(18-22)13-15-27(16-14-26)25(28)23-12-8-7-11-21(23)19-29-2;1-3-29-20-16-23(19-7-5-4-6-8-19)30-25(17-20)11-13-27(14-12-25)24(28)21-15-18(2)9-10-22(21)26;1-4-30-21-17-22(19-8-6-5-7-9-19)31-25(18-21)11-14-28(15-12-25)24(29)20-10-13-26-23(16-20)27(2)3;1-3-26-23-21(11-8-14-27-23)24(29)28-15-12-25(13-16-28)18-20(30-4-2)17-22(31-25)19-9-6-5-7-10-19/h4-12,22,24H,3,13-19H2,1-2H3;4-10,15,20,23H,3,11-14,16-17H2,1-2H3;5-10,13,16,21-22H,4,11-12,14-15,17-18H2,1-3H3;5-11,14,20,22H,3-4,12-13,15-18H2,1-2H3,(H,26,27). The molecular formula is C101H129FN8O13. The number of halogens is 1. The van der Waals surface area contributed by atoms with Gasteiger partial charge >= 0.3 is 0 Å². The van der Waals surface area contributed by atoms with E-state index in [4.69, 9.17) is 42.6 Å². The number of benzene rings is 6. The Morgan fingerprint density at radius 1 is 0.423 bits per heavy atom. The number of carbonyl (C=O) groups is 4. The van der Waals surface area contributed by atoms with Gasteiger partial charge in [-0.15, -0.1) is 0 Å². The fourth-order valence-electron chi connectivity index (χ4n) is 19.4. The second-order valence-electron chi connectivity index (χ2n) is 34.3. The average Bonchev–Trinajstić information content (AvgIpc) is 0.788. The van der Waals surface area contributed by atoms with Crippen molar-refractivity contribution in [3.63, 3.8) is 0 Å². The number of nitrogens with one attached hydrogen (secondary N) is 1. The van der Waals surface area contributed by atoms with Crippen molar-refractivity contribution in [1.82, 2.24) is 29.6 Å². The van der Waals surface area contributed by atoms with E-state index >= 15 is 0 Å². The maximum Gasteiger partial charge on any atom is 0.257 e. The number of aromatic nitrogens is 2. The van der Waals surface area contributed by atoms with Gasteiger partial charge in [-0.25, -0.2) is 14.4 Å². The number of rotatable bonds is 21. The van der Waals surface area contributed by atoms with Gasteiger partial charge in [0.15, 0.2) is 0 Å². The molecular weight excluding hydrogens is 1550 g/mol. The Bertz CT molecular complexity index is 4510. The zero-order chi connectivity index (χ0) is 86.4. The van der Waals surface area contributed by atoms with Gasteiger partial charge in [-0.05, 0) is 163 Å². The highest BCUT2D eigenvalue weighted by atomic mass is 19.1. The fraction of sp³-hybridized carbons (Fsp3) is 0.505. The van der Waals surface area contributed by atoms with Crippen LogP contribution in [0.3, 0.4) is 0 Å². The van der Waals surface area contributed by atoms with Crippen LogP contribution in [-0.4, -0.2) is 207 Å². The molecule has 658 valence electrons. The van der Waals surface area contributed by atoms with E-state index in [2.05, 4.69) is 121 Å². The third-order valence-corrected chi connectivity index (χ3v) is 25.8. The van der Waals surface area contributed by atoms with Crippen LogP contribution >= 0.6 is 0 Å². The zero-order valence-electron chi connectivity index (χ0n) is 73.7. The molecule has 1 N–H and O–H groups in total. The molecule has 2 aromatic heterocycles. The van der Waals surface area contributed by atoms with E-state index in [0.717, 1.165) is 132 Å². The predicted octanol–water partition coefficient (Wildman–Crippen LogP) is 18.4. The molecule has 4 amide bonds. The van der Waals surface area contributed by atoms with Gasteiger partial charge in [0.2, 0.25) is 0 Å². The number of piperidine rings is 4. The summed E-state index contributed by atoms with van der Waals surface area (Å²) in [6.45, 7) is 21.3. The van der Waals surface area contributed by atoms with E-state index in [9.17, 15) is 23.6 Å². The third-order valence-electron chi connectivity index (χ3n) is 25.8. The van der Waals surface area contributed by atoms with E-state index in [0.29, 0.717) is 102 Å². The SMILES string of the molecule is CCNc1ncccc1C(=O)N1CCC2(CC1)CC(OCC)CC(c1ccccc1)O2.CCOC1CC(c2ccccc2)OC2(CCN(C(=O)c3cc(C)ccc3F)CC2)C1.CCOC1CC(c2ccccc2)OC2(CCN(C(=O)c3ccccc3COC)CC2)C1.CCOC1CC(c2ccccc2)OC2(CCN(C(=O)c3ccnc(N(C)C)c3)CC2)C1. The minimum atomic E-state index is -0.458. The molecule has 4 spiro atoms. The molecule has 8 unspecified atom stereocenters. The number of ether oxygens (including phenoxy) is 9. The van der Waals surface area contributed by atoms with Gasteiger partial charge in [-0.2, -0.15) is 0 Å². The van der Waals surface area contributed by atoms with Gasteiger partial charge < -0.3 is 72.4 Å². The molecule has 0 bridgehead atoms. The Hall–Kier alpha value is -9.33. The summed E-state index contributed by atoms with van der Waals surface area (Å²) in [5, 5.41) is 3.20. The molecule has 8 aliphatic rings. The number of hydrogen-bond donors (Lipinski definition) is 1. The van der Waals surface area contributed by atoms with Crippen molar-refractivity contribution in [1.29, 1.82) is 0 Å². The van der Waals surface area contributed by atoms with Gasteiger partial charge in [-0.1, -0.05) is 151 Å². The van der Waals surface area contributed by atoms with E-state index < -0.39 is 5.82 Å². The van der Waals surface area contributed by atoms with E-state index in [-0.39, 0.29) is 100 Å². The summed E-state index contributed by atoms with van der Waals surface area (Å²) in [4.78, 5) is 70.6. The molecule has 16 rings (SSSR count). The summed E-state index contributed by atoms with van der Waals surface area (Å²) in [6, 6.07) is 61.3. The molecule has 10 heterocycles. The molecule has 0 radical (unpaired) electrons. The quantitative estimate of drug-likeness (QED) is 0.0710. The Morgan fingerprint density at radius 2 is 0.772 bits per heavy atom. The van der Waals surface area contributed by atoms with Gasteiger partial charge in [-0.3, -0.25) is 19.2 Å². The van der Waals surface area contributed by atoms with Crippen LogP contribution < -0.4 is 10.2 Å². The van der Waals surface area contributed by atoms with Crippen LogP contribution in [0.4, 0.5) is 16.0 Å². The second-order valence-corrected chi connectivity index (χ2v) is 34.3. The lowest BCUT2D eigenvalue weighted by molar-refractivity contribution is -0.191. The fourth-order valence-corrected chi connectivity index (χ4v) is 19.4. The monoisotopic (exact) mass is 1680 g/mol. The molecule has 22 heteroatoms. The Kier molecular flexibility index (Phi) is 32.3. The molecule has 6 aromatic carbocycles. The molecule has 8 saturated heterocycles. The van der Waals surface area contributed by atoms with Crippen molar-refractivity contribution in [2.45, 2.75) is 222 Å². The van der Waals surface area contributed by atoms with Gasteiger partial charge in [0.1, 0.15) is 17.5 Å². The predicted molar refractivity (Wildman–Crippen MR) is 476 cm³/mol. The lowest BCUT2D eigenvalue weighted by atomic mass is 9.80. The van der Waals surface area contributed by atoms with Crippen LogP contribution in [0.15, 0.2) is 200 Å². The molecule has 8 aliphatic heterocycles. The Morgan fingerprint density at radius 3 is 1.14 bits per heavy atom. The molecule has 21 nitrogen and oxygen atoms in total. The normalized spacial score (nSPS) is 23.1. The molecule has 8 fully saturated rings. The van der Waals surface area contributed by atoms with Crippen LogP contribution in [-0.2, 0) is 49.2 Å². The maximum atomic E-state index is 14.2. The first-order chi connectivity index (χ1) is 59.8. The number of likely N-dealkylation sites (tertiary alicyclic amines) is 4. The molecule has 0 aliphatic carbocycles. The van der Waals surface area contributed by atoms with Crippen LogP contribution in [0.5, 0.6) is 0 Å². The van der Waals surface area contributed by atoms with E-state index in [1.54, 1.807) is 42.6 Å². The van der Waals surface area contributed by atoms with E-state index in [1.165, 1.54) is 28.3 Å². The molecule has 8 atom stereocenters. The number of aryl methyl sites for hydroxylation is 1. The summed E-state index contributed by atoms with van der Waals surface area (Å²) in [5.74, 6) is 0.945. The van der Waals surface area contributed by atoms with Crippen molar-refractivity contribution in [3.05, 3.63) is 262 Å². The average molecular weight is 1680 g/mol. The maximum absolute atomic E-state index is 14.2. The van der Waals surface area contributed by atoms with Crippen LogP contribution in [0.2, 0.25) is 0 Å². The number of methoxy groups -OCH3 is 1.